The fourth-order valence-corrected chi connectivity index (χ4v) is 2.99. The summed E-state index contributed by atoms with van der Waals surface area (Å²) >= 11 is 6.15. The SMILES string of the molecule is CC1CN(C(=O)c2ccccc2Cl)CC(c2ccccc2)O1. The summed E-state index contributed by atoms with van der Waals surface area (Å²) in [5.41, 5.74) is 1.64. The molecule has 2 atom stereocenters. The van der Waals surface area contributed by atoms with E-state index in [1.807, 2.05) is 54.3 Å². The molecular weight excluding hydrogens is 298 g/mol. The van der Waals surface area contributed by atoms with E-state index in [-0.39, 0.29) is 18.1 Å². The topological polar surface area (TPSA) is 29.5 Å². The van der Waals surface area contributed by atoms with Gasteiger partial charge in [0, 0.05) is 6.54 Å². The van der Waals surface area contributed by atoms with Gasteiger partial charge in [-0.25, -0.2) is 0 Å². The third kappa shape index (κ3) is 3.16. The molecule has 1 amide bonds. The van der Waals surface area contributed by atoms with Crippen LogP contribution in [-0.4, -0.2) is 30.0 Å². The van der Waals surface area contributed by atoms with Crippen molar-refractivity contribution in [2.75, 3.05) is 13.1 Å². The van der Waals surface area contributed by atoms with Gasteiger partial charge in [0.25, 0.3) is 5.91 Å². The van der Waals surface area contributed by atoms with Gasteiger partial charge in [-0.2, -0.15) is 0 Å². The lowest BCUT2D eigenvalue weighted by Gasteiger charge is -2.37. The van der Waals surface area contributed by atoms with Crippen LogP contribution in [0.3, 0.4) is 0 Å². The molecule has 1 heterocycles. The molecular formula is C18H18ClNO2. The summed E-state index contributed by atoms with van der Waals surface area (Å²) in [7, 11) is 0. The molecule has 0 aromatic heterocycles. The molecule has 1 saturated heterocycles. The van der Waals surface area contributed by atoms with Gasteiger partial charge in [-0.05, 0) is 24.6 Å². The second-order valence-corrected chi connectivity index (χ2v) is 5.94. The van der Waals surface area contributed by atoms with Gasteiger partial charge in [-0.3, -0.25) is 4.79 Å². The van der Waals surface area contributed by atoms with Crippen molar-refractivity contribution in [3.8, 4) is 0 Å². The average molecular weight is 316 g/mol. The highest BCUT2D eigenvalue weighted by atomic mass is 35.5. The van der Waals surface area contributed by atoms with Crippen LogP contribution in [0, 0.1) is 0 Å². The van der Waals surface area contributed by atoms with E-state index in [9.17, 15) is 4.79 Å². The molecule has 2 aromatic rings. The first-order chi connectivity index (χ1) is 10.6. The first-order valence-electron chi connectivity index (χ1n) is 7.39. The van der Waals surface area contributed by atoms with Gasteiger partial charge in [-0.15, -0.1) is 0 Å². The number of morpholine rings is 1. The highest BCUT2D eigenvalue weighted by Gasteiger charge is 2.30. The molecule has 1 fully saturated rings. The predicted molar refractivity (Wildman–Crippen MR) is 87.1 cm³/mol. The van der Waals surface area contributed by atoms with Crippen LogP contribution in [0.1, 0.15) is 28.9 Å². The highest BCUT2D eigenvalue weighted by molar-refractivity contribution is 6.33. The molecule has 114 valence electrons. The Morgan fingerprint density at radius 2 is 1.77 bits per heavy atom. The molecule has 22 heavy (non-hydrogen) atoms. The fraction of sp³-hybridized carbons (Fsp3) is 0.278. The van der Waals surface area contributed by atoms with Crippen molar-refractivity contribution in [3.05, 3.63) is 70.7 Å². The van der Waals surface area contributed by atoms with Crippen LogP contribution in [0.25, 0.3) is 0 Å². The maximum atomic E-state index is 12.7. The molecule has 1 aliphatic heterocycles. The summed E-state index contributed by atoms with van der Waals surface area (Å²) < 4.78 is 5.99. The van der Waals surface area contributed by atoms with Gasteiger partial charge in [0.2, 0.25) is 0 Å². The van der Waals surface area contributed by atoms with Crippen molar-refractivity contribution in [2.45, 2.75) is 19.1 Å². The van der Waals surface area contributed by atoms with Gasteiger partial charge >= 0.3 is 0 Å². The van der Waals surface area contributed by atoms with E-state index in [4.69, 9.17) is 16.3 Å². The minimum absolute atomic E-state index is 0.00889. The van der Waals surface area contributed by atoms with E-state index < -0.39 is 0 Å². The quantitative estimate of drug-likeness (QED) is 0.840. The van der Waals surface area contributed by atoms with Gasteiger partial charge in [-0.1, -0.05) is 54.1 Å². The third-order valence-corrected chi connectivity index (χ3v) is 4.15. The average Bonchev–Trinajstić information content (AvgIpc) is 2.55. The lowest BCUT2D eigenvalue weighted by Crippen LogP contribution is -2.46. The standard InChI is InChI=1S/C18H18ClNO2/c1-13-11-20(18(21)15-9-5-6-10-16(15)19)12-17(22-13)14-7-3-2-4-8-14/h2-10,13,17H,11-12H2,1H3. The molecule has 1 aliphatic rings. The number of ether oxygens (including phenoxy) is 1. The number of hydrogen-bond acceptors (Lipinski definition) is 2. The lowest BCUT2D eigenvalue weighted by atomic mass is 10.1. The molecule has 4 heteroatoms. The van der Waals surface area contributed by atoms with E-state index in [1.54, 1.807) is 12.1 Å². The predicted octanol–water partition coefficient (Wildman–Crippen LogP) is 3.94. The number of benzene rings is 2. The first kappa shape index (κ1) is 15.1. The number of hydrogen-bond donors (Lipinski definition) is 0. The van der Waals surface area contributed by atoms with Crippen molar-refractivity contribution in [1.29, 1.82) is 0 Å². The maximum absolute atomic E-state index is 12.7. The first-order valence-corrected chi connectivity index (χ1v) is 7.77. The Morgan fingerprint density at radius 1 is 1.09 bits per heavy atom. The van der Waals surface area contributed by atoms with E-state index in [0.29, 0.717) is 23.7 Å². The molecule has 0 spiro atoms. The van der Waals surface area contributed by atoms with Crippen LogP contribution in [0.2, 0.25) is 5.02 Å². The Hall–Kier alpha value is -1.84. The van der Waals surface area contributed by atoms with E-state index >= 15 is 0 Å². The van der Waals surface area contributed by atoms with Crippen molar-refractivity contribution in [2.24, 2.45) is 0 Å². The summed E-state index contributed by atoms with van der Waals surface area (Å²) in [6.07, 6.45) is -0.109. The minimum Gasteiger partial charge on any atom is -0.367 e. The minimum atomic E-state index is -0.101. The Balaban J connectivity index is 1.82. The molecule has 0 N–H and O–H groups in total. The smallest absolute Gasteiger partial charge is 0.255 e. The summed E-state index contributed by atoms with van der Waals surface area (Å²) in [4.78, 5) is 14.6. The Labute approximate surface area is 135 Å². The van der Waals surface area contributed by atoms with Crippen molar-refractivity contribution >= 4 is 17.5 Å². The second kappa shape index (κ2) is 6.51. The monoisotopic (exact) mass is 315 g/mol. The molecule has 3 nitrogen and oxygen atoms in total. The largest absolute Gasteiger partial charge is 0.367 e. The van der Waals surface area contributed by atoms with Crippen LogP contribution < -0.4 is 0 Å². The van der Waals surface area contributed by atoms with E-state index in [1.165, 1.54) is 0 Å². The van der Waals surface area contributed by atoms with Crippen molar-refractivity contribution in [3.63, 3.8) is 0 Å². The van der Waals surface area contributed by atoms with Crippen LogP contribution in [0.15, 0.2) is 54.6 Å². The van der Waals surface area contributed by atoms with Crippen molar-refractivity contribution < 1.29 is 9.53 Å². The van der Waals surface area contributed by atoms with Crippen LogP contribution in [0.5, 0.6) is 0 Å². The fourth-order valence-electron chi connectivity index (χ4n) is 2.77. The molecule has 0 radical (unpaired) electrons. The van der Waals surface area contributed by atoms with Gasteiger partial charge in [0.15, 0.2) is 0 Å². The Bertz CT molecular complexity index is 659. The van der Waals surface area contributed by atoms with Gasteiger partial charge < -0.3 is 9.64 Å². The second-order valence-electron chi connectivity index (χ2n) is 5.54. The number of rotatable bonds is 2. The number of carbonyl (C=O) groups is 1. The van der Waals surface area contributed by atoms with Crippen LogP contribution in [0.4, 0.5) is 0 Å². The maximum Gasteiger partial charge on any atom is 0.255 e. The molecule has 2 aromatic carbocycles. The number of amides is 1. The van der Waals surface area contributed by atoms with E-state index in [0.717, 1.165) is 5.56 Å². The zero-order valence-electron chi connectivity index (χ0n) is 12.4. The summed E-state index contributed by atoms with van der Waals surface area (Å²) in [5, 5.41) is 0.489. The zero-order valence-corrected chi connectivity index (χ0v) is 13.2. The van der Waals surface area contributed by atoms with Crippen molar-refractivity contribution in [1.82, 2.24) is 4.90 Å². The van der Waals surface area contributed by atoms with Gasteiger partial charge in [0.1, 0.15) is 6.10 Å². The third-order valence-electron chi connectivity index (χ3n) is 3.82. The molecule has 0 bridgehead atoms. The number of halogens is 1. The Kier molecular flexibility index (Phi) is 4.46. The van der Waals surface area contributed by atoms with E-state index in [2.05, 4.69) is 0 Å². The lowest BCUT2D eigenvalue weighted by molar-refractivity contribution is -0.0691. The van der Waals surface area contributed by atoms with Gasteiger partial charge in [0.05, 0.1) is 23.2 Å². The highest BCUT2D eigenvalue weighted by Crippen LogP contribution is 2.27. The molecule has 0 saturated carbocycles. The number of nitrogens with zero attached hydrogens (tertiary/aromatic N) is 1. The molecule has 3 rings (SSSR count). The van der Waals surface area contributed by atoms with Crippen LogP contribution >= 0.6 is 11.6 Å². The van der Waals surface area contributed by atoms with Crippen LogP contribution in [-0.2, 0) is 4.74 Å². The number of carbonyl (C=O) groups excluding carboxylic acids is 1. The summed E-state index contributed by atoms with van der Waals surface area (Å²) in [5.74, 6) is -0.0401. The normalized spacial score (nSPS) is 21.6. The molecule has 2 unspecified atom stereocenters. The Morgan fingerprint density at radius 3 is 2.50 bits per heavy atom. The zero-order chi connectivity index (χ0) is 15.5. The molecule has 0 aliphatic carbocycles. The summed E-state index contributed by atoms with van der Waals surface area (Å²) in [6, 6.07) is 17.2. The summed E-state index contributed by atoms with van der Waals surface area (Å²) in [6.45, 7) is 3.10.